The minimum atomic E-state index is -0.114. The Hall–Kier alpha value is -3.60. The summed E-state index contributed by atoms with van der Waals surface area (Å²) in [6.45, 7) is 16.8. The predicted molar refractivity (Wildman–Crippen MR) is 130 cm³/mol. The quantitative estimate of drug-likeness (QED) is 0.499. The number of aromatic nitrogens is 2. The van der Waals surface area contributed by atoms with Crippen molar-refractivity contribution < 1.29 is 9.32 Å². The lowest BCUT2D eigenvalue weighted by Crippen LogP contribution is -2.34. The standard InChI is InChI=1S/C27H29N3O2/c1-7-18(4)28-27(31)26-25(22-10-8-9-17(3)20(22)6)23-13-16(2)11-12-24(23)30(26)15-21-14-19(5)32-29-21/h8-14,18H,3,6-7,15H2,1-2,4-5H3,(H,28,31). The second kappa shape index (κ2) is 8.50. The van der Waals surface area contributed by atoms with E-state index in [1.807, 2.05) is 42.7 Å². The molecule has 1 N–H and O–H groups in total. The third-order valence-corrected chi connectivity index (χ3v) is 5.96. The summed E-state index contributed by atoms with van der Waals surface area (Å²) in [7, 11) is 0. The molecule has 0 saturated heterocycles. The topological polar surface area (TPSA) is 60.1 Å². The summed E-state index contributed by atoms with van der Waals surface area (Å²) in [6.07, 6.45) is 0.845. The highest BCUT2D eigenvalue weighted by atomic mass is 16.5. The number of amides is 1. The number of nitrogens with zero attached hydrogens (tertiary/aromatic N) is 2. The molecule has 2 aromatic carbocycles. The van der Waals surface area contributed by atoms with E-state index in [1.54, 1.807) is 0 Å². The highest BCUT2D eigenvalue weighted by Crippen LogP contribution is 2.35. The van der Waals surface area contributed by atoms with E-state index in [0.717, 1.165) is 55.9 Å². The van der Waals surface area contributed by atoms with Crippen LogP contribution < -0.4 is 15.8 Å². The lowest BCUT2D eigenvalue weighted by molar-refractivity contribution is 0.0931. The number of hydrogen-bond donors (Lipinski definition) is 1. The fraction of sp³-hybridized carbons (Fsp3) is 0.259. The molecule has 0 aliphatic rings. The van der Waals surface area contributed by atoms with E-state index in [4.69, 9.17) is 4.52 Å². The Labute approximate surface area is 188 Å². The molecule has 2 heterocycles. The highest BCUT2D eigenvalue weighted by molar-refractivity contribution is 6.10. The number of fused-ring (bicyclic) bond motifs is 1. The summed E-state index contributed by atoms with van der Waals surface area (Å²) in [5.74, 6) is 0.625. The SMILES string of the molecule is C=c1cccc(-c2c(C(=O)NC(C)CC)n(Cc3cc(C)on3)c3ccc(C)cc23)c1=C. The van der Waals surface area contributed by atoms with Gasteiger partial charge in [-0.25, -0.2) is 0 Å². The molecule has 4 rings (SSSR count). The van der Waals surface area contributed by atoms with E-state index in [-0.39, 0.29) is 11.9 Å². The van der Waals surface area contributed by atoms with Crippen LogP contribution in [-0.2, 0) is 6.54 Å². The third-order valence-electron chi connectivity index (χ3n) is 5.96. The van der Waals surface area contributed by atoms with Gasteiger partial charge in [0.1, 0.15) is 17.1 Å². The van der Waals surface area contributed by atoms with Crippen LogP contribution in [-0.4, -0.2) is 21.7 Å². The Morgan fingerprint density at radius 3 is 2.66 bits per heavy atom. The van der Waals surface area contributed by atoms with Gasteiger partial charge in [0.2, 0.25) is 0 Å². The molecule has 0 saturated carbocycles. The van der Waals surface area contributed by atoms with E-state index in [9.17, 15) is 4.79 Å². The first kappa shape index (κ1) is 21.6. The highest BCUT2D eigenvalue weighted by Gasteiger charge is 2.26. The van der Waals surface area contributed by atoms with Gasteiger partial charge in [0.25, 0.3) is 5.91 Å². The Balaban J connectivity index is 2.07. The van der Waals surface area contributed by atoms with Crippen LogP contribution in [0.2, 0.25) is 0 Å². The Bertz CT molecular complexity index is 1410. The van der Waals surface area contributed by atoms with Crippen LogP contribution in [0.1, 0.15) is 47.8 Å². The zero-order valence-electron chi connectivity index (χ0n) is 19.2. The monoisotopic (exact) mass is 427 g/mol. The van der Waals surface area contributed by atoms with Crippen molar-refractivity contribution in [3.05, 3.63) is 75.6 Å². The average molecular weight is 428 g/mol. The average Bonchev–Trinajstić information content (AvgIpc) is 3.30. The first-order valence-electron chi connectivity index (χ1n) is 10.9. The van der Waals surface area contributed by atoms with Gasteiger partial charge in [-0.1, -0.05) is 55.1 Å². The largest absolute Gasteiger partial charge is 0.361 e. The van der Waals surface area contributed by atoms with E-state index < -0.39 is 0 Å². The lowest BCUT2D eigenvalue weighted by atomic mass is 9.98. The summed E-state index contributed by atoms with van der Waals surface area (Å²) in [6, 6.07) is 14.1. The summed E-state index contributed by atoms with van der Waals surface area (Å²) in [5, 5.41) is 10.0. The van der Waals surface area contributed by atoms with Gasteiger partial charge in [-0.2, -0.15) is 0 Å². The molecule has 0 radical (unpaired) electrons. The summed E-state index contributed by atoms with van der Waals surface area (Å²) >= 11 is 0. The predicted octanol–water partition coefficient (Wildman–Crippen LogP) is 4.31. The second-order valence-corrected chi connectivity index (χ2v) is 8.49. The van der Waals surface area contributed by atoms with Crippen molar-refractivity contribution in [1.29, 1.82) is 0 Å². The van der Waals surface area contributed by atoms with Gasteiger partial charge in [0.05, 0.1) is 6.54 Å². The maximum absolute atomic E-state index is 13.7. The molecule has 2 aromatic heterocycles. The van der Waals surface area contributed by atoms with Gasteiger partial charge >= 0.3 is 0 Å². The number of nitrogens with one attached hydrogen (secondary N) is 1. The van der Waals surface area contributed by atoms with Gasteiger partial charge < -0.3 is 14.4 Å². The molecule has 0 fully saturated rings. The van der Waals surface area contributed by atoms with Gasteiger partial charge in [-0.3, -0.25) is 4.79 Å². The third kappa shape index (κ3) is 3.86. The summed E-state index contributed by atoms with van der Waals surface area (Å²) < 4.78 is 7.33. The lowest BCUT2D eigenvalue weighted by Gasteiger charge is -2.15. The Kier molecular flexibility index (Phi) is 5.74. The van der Waals surface area contributed by atoms with Crippen LogP contribution in [0.3, 0.4) is 0 Å². The Morgan fingerprint density at radius 2 is 1.97 bits per heavy atom. The molecule has 1 amide bonds. The summed E-state index contributed by atoms with van der Waals surface area (Å²) in [4.78, 5) is 13.7. The minimum absolute atomic E-state index is 0.0521. The molecule has 5 nitrogen and oxygen atoms in total. The van der Waals surface area contributed by atoms with Crippen molar-refractivity contribution in [3.8, 4) is 11.1 Å². The molecule has 5 heteroatoms. The maximum Gasteiger partial charge on any atom is 0.268 e. The van der Waals surface area contributed by atoms with E-state index >= 15 is 0 Å². The number of rotatable bonds is 6. The zero-order valence-corrected chi connectivity index (χ0v) is 19.2. The van der Waals surface area contributed by atoms with Crippen molar-refractivity contribution in [3.63, 3.8) is 0 Å². The smallest absolute Gasteiger partial charge is 0.268 e. The molecule has 1 atom stereocenters. The molecule has 1 unspecified atom stereocenters. The minimum Gasteiger partial charge on any atom is -0.361 e. The van der Waals surface area contributed by atoms with Gasteiger partial charge in [-0.15, -0.1) is 0 Å². The first-order valence-corrected chi connectivity index (χ1v) is 10.9. The number of carbonyl (C=O) groups excluding carboxylic acids is 1. The number of aryl methyl sites for hydroxylation is 2. The molecule has 4 aromatic rings. The molecular formula is C27H29N3O2. The van der Waals surface area contributed by atoms with Crippen LogP contribution in [0.4, 0.5) is 0 Å². The molecular weight excluding hydrogens is 398 g/mol. The van der Waals surface area contributed by atoms with E-state index in [0.29, 0.717) is 12.2 Å². The summed E-state index contributed by atoms with van der Waals surface area (Å²) in [5.41, 5.74) is 5.25. The maximum atomic E-state index is 13.7. The van der Waals surface area contributed by atoms with Crippen LogP contribution in [0.5, 0.6) is 0 Å². The molecule has 0 bridgehead atoms. The second-order valence-electron chi connectivity index (χ2n) is 8.49. The fourth-order valence-electron chi connectivity index (χ4n) is 4.06. The first-order chi connectivity index (χ1) is 15.3. The molecule has 32 heavy (non-hydrogen) atoms. The van der Waals surface area contributed by atoms with Crippen LogP contribution in [0.25, 0.3) is 35.2 Å². The van der Waals surface area contributed by atoms with Crippen LogP contribution in [0, 0.1) is 13.8 Å². The van der Waals surface area contributed by atoms with Gasteiger partial charge in [0.15, 0.2) is 0 Å². The molecule has 164 valence electrons. The Morgan fingerprint density at radius 1 is 1.19 bits per heavy atom. The molecule has 0 aliphatic heterocycles. The van der Waals surface area contributed by atoms with E-state index in [1.165, 1.54) is 0 Å². The molecule has 0 spiro atoms. The van der Waals surface area contributed by atoms with Crippen molar-refractivity contribution >= 4 is 30.0 Å². The normalized spacial score (nSPS) is 12.2. The van der Waals surface area contributed by atoms with Crippen LogP contribution in [0.15, 0.2) is 47.0 Å². The number of carbonyl (C=O) groups is 1. The van der Waals surface area contributed by atoms with Crippen molar-refractivity contribution in [2.75, 3.05) is 0 Å². The van der Waals surface area contributed by atoms with Gasteiger partial charge in [0, 0.05) is 28.6 Å². The van der Waals surface area contributed by atoms with Crippen molar-refractivity contribution in [2.45, 2.75) is 46.7 Å². The van der Waals surface area contributed by atoms with E-state index in [2.05, 4.69) is 55.7 Å². The number of benzene rings is 2. The van der Waals surface area contributed by atoms with Crippen molar-refractivity contribution in [2.24, 2.45) is 0 Å². The fourth-order valence-corrected chi connectivity index (χ4v) is 4.06. The van der Waals surface area contributed by atoms with Crippen molar-refractivity contribution in [1.82, 2.24) is 15.0 Å². The van der Waals surface area contributed by atoms with Crippen LogP contribution >= 0.6 is 0 Å². The molecule has 0 aliphatic carbocycles. The zero-order chi connectivity index (χ0) is 23.0. The van der Waals surface area contributed by atoms with Gasteiger partial charge in [-0.05, 0) is 55.3 Å². The number of hydrogen-bond acceptors (Lipinski definition) is 3.